The molecule has 0 aliphatic rings. The molecule has 1 aromatic rings. The first-order valence-electron chi connectivity index (χ1n) is 4.55. The predicted molar refractivity (Wildman–Crippen MR) is 53.2 cm³/mol. The summed E-state index contributed by atoms with van der Waals surface area (Å²) in [5.74, 6) is 0.340. The molecule has 0 amide bonds. The number of nitrogens with zero attached hydrogens (tertiary/aromatic N) is 1. The molecular formula is C8H15N3O2S. The highest BCUT2D eigenvalue weighted by molar-refractivity contribution is 7.89. The maximum Gasteiger partial charge on any atom is 0.257 e. The third-order valence-corrected chi connectivity index (χ3v) is 3.44. The highest BCUT2D eigenvalue weighted by Crippen LogP contribution is 2.04. The van der Waals surface area contributed by atoms with E-state index >= 15 is 0 Å². The molecular weight excluding hydrogens is 202 g/mol. The zero-order chi connectivity index (χ0) is 10.6. The topological polar surface area (TPSA) is 74.8 Å². The summed E-state index contributed by atoms with van der Waals surface area (Å²) in [6.07, 6.45) is 2.36. The molecule has 14 heavy (non-hydrogen) atoms. The lowest BCUT2D eigenvalue weighted by Crippen LogP contribution is -2.28. The molecule has 0 bridgehead atoms. The first kappa shape index (κ1) is 11.2. The van der Waals surface area contributed by atoms with Crippen molar-refractivity contribution < 1.29 is 8.42 Å². The second-order valence-corrected chi connectivity index (χ2v) is 5.02. The Labute approximate surface area is 84.0 Å². The maximum absolute atomic E-state index is 11.5. The zero-order valence-electron chi connectivity index (χ0n) is 8.32. The van der Waals surface area contributed by atoms with Crippen LogP contribution in [0.3, 0.4) is 0 Å². The lowest BCUT2D eigenvalue weighted by atomic mass is 10.1. The van der Waals surface area contributed by atoms with Gasteiger partial charge in [0.25, 0.3) is 10.0 Å². The first-order valence-corrected chi connectivity index (χ1v) is 6.03. The fourth-order valence-corrected chi connectivity index (χ4v) is 1.94. The van der Waals surface area contributed by atoms with Crippen molar-refractivity contribution in [1.29, 1.82) is 0 Å². The number of sulfonamides is 1. The van der Waals surface area contributed by atoms with Gasteiger partial charge in [-0.05, 0) is 12.0 Å². The minimum atomic E-state index is -3.39. The predicted octanol–water partition coefficient (Wildman–Crippen LogP) is 0.734. The molecule has 1 unspecified atom stereocenters. The largest absolute Gasteiger partial charge is 0.266 e. The molecule has 1 rings (SSSR count). The van der Waals surface area contributed by atoms with Crippen LogP contribution in [0.4, 0.5) is 0 Å². The molecule has 0 aliphatic heterocycles. The minimum absolute atomic E-state index is 0.112. The standard InChI is InChI=1S/C8H15N3O2S/c1-3-7(2)6-10-14(12,13)8-4-5-9-11-8/h4-5,7,10H,3,6H2,1-2H3,(H,9,11). The summed E-state index contributed by atoms with van der Waals surface area (Å²) in [6, 6.07) is 1.43. The molecule has 0 spiro atoms. The summed E-state index contributed by atoms with van der Waals surface area (Å²) in [7, 11) is -3.39. The van der Waals surface area contributed by atoms with Crippen molar-refractivity contribution in [2.75, 3.05) is 6.54 Å². The van der Waals surface area contributed by atoms with Crippen molar-refractivity contribution in [2.24, 2.45) is 5.92 Å². The van der Waals surface area contributed by atoms with Crippen LogP contribution >= 0.6 is 0 Å². The average molecular weight is 217 g/mol. The van der Waals surface area contributed by atoms with E-state index in [0.29, 0.717) is 12.5 Å². The Hall–Kier alpha value is -0.880. The molecule has 0 aliphatic carbocycles. The van der Waals surface area contributed by atoms with Crippen LogP contribution in [-0.4, -0.2) is 25.2 Å². The highest BCUT2D eigenvalue weighted by Gasteiger charge is 2.15. The summed E-state index contributed by atoms with van der Waals surface area (Å²) in [6.45, 7) is 4.47. The van der Waals surface area contributed by atoms with Crippen molar-refractivity contribution in [3.05, 3.63) is 12.3 Å². The number of hydrogen-bond donors (Lipinski definition) is 2. The SMILES string of the molecule is CCC(C)CNS(=O)(=O)c1ccn[nH]1. The van der Waals surface area contributed by atoms with Gasteiger partial charge in [0.15, 0.2) is 5.03 Å². The van der Waals surface area contributed by atoms with Crippen LogP contribution in [0.2, 0.25) is 0 Å². The average Bonchev–Trinajstić information content (AvgIpc) is 2.67. The number of nitrogens with one attached hydrogen (secondary N) is 2. The Balaban J connectivity index is 2.60. The number of aromatic amines is 1. The van der Waals surface area contributed by atoms with E-state index < -0.39 is 10.0 Å². The maximum atomic E-state index is 11.5. The normalized spacial score (nSPS) is 14.1. The van der Waals surface area contributed by atoms with E-state index in [1.807, 2.05) is 13.8 Å². The van der Waals surface area contributed by atoms with E-state index in [2.05, 4.69) is 14.9 Å². The van der Waals surface area contributed by atoms with Gasteiger partial charge in [-0.25, -0.2) is 13.1 Å². The first-order chi connectivity index (χ1) is 6.56. The number of H-pyrrole nitrogens is 1. The van der Waals surface area contributed by atoms with E-state index in [-0.39, 0.29) is 5.03 Å². The van der Waals surface area contributed by atoms with Crippen LogP contribution < -0.4 is 4.72 Å². The van der Waals surface area contributed by atoms with Gasteiger partial charge in [-0.1, -0.05) is 20.3 Å². The van der Waals surface area contributed by atoms with E-state index in [1.54, 1.807) is 0 Å². The molecule has 1 heterocycles. The Kier molecular flexibility index (Phi) is 3.65. The summed E-state index contributed by atoms with van der Waals surface area (Å²) >= 11 is 0. The Morgan fingerprint density at radius 2 is 2.36 bits per heavy atom. The van der Waals surface area contributed by atoms with Crippen LogP contribution in [0.25, 0.3) is 0 Å². The van der Waals surface area contributed by atoms with Gasteiger partial charge in [0.2, 0.25) is 0 Å². The lowest BCUT2D eigenvalue weighted by molar-refractivity contribution is 0.526. The number of rotatable bonds is 5. The molecule has 0 saturated heterocycles. The van der Waals surface area contributed by atoms with Crippen LogP contribution in [0.1, 0.15) is 20.3 Å². The summed E-state index contributed by atoms with van der Waals surface area (Å²) in [5.41, 5.74) is 0. The second-order valence-electron chi connectivity index (χ2n) is 3.29. The van der Waals surface area contributed by atoms with Crippen molar-refractivity contribution in [2.45, 2.75) is 25.3 Å². The molecule has 0 fully saturated rings. The minimum Gasteiger partial charge on any atom is -0.266 e. The fraction of sp³-hybridized carbons (Fsp3) is 0.625. The van der Waals surface area contributed by atoms with Gasteiger partial charge in [-0.15, -0.1) is 0 Å². The van der Waals surface area contributed by atoms with E-state index in [0.717, 1.165) is 6.42 Å². The molecule has 2 N–H and O–H groups in total. The molecule has 0 aromatic carbocycles. The van der Waals surface area contributed by atoms with E-state index in [4.69, 9.17) is 0 Å². The zero-order valence-corrected chi connectivity index (χ0v) is 9.13. The van der Waals surface area contributed by atoms with Gasteiger partial charge in [0, 0.05) is 6.54 Å². The van der Waals surface area contributed by atoms with Gasteiger partial charge >= 0.3 is 0 Å². The summed E-state index contributed by atoms with van der Waals surface area (Å²) in [4.78, 5) is 0. The Bertz CT molecular complexity index is 358. The van der Waals surface area contributed by atoms with Crippen molar-refractivity contribution in [3.8, 4) is 0 Å². The van der Waals surface area contributed by atoms with Crippen LogP contribution in [-0.2, 0) is 10.0 Å². The van der Waals surface area contributed by atoms with Gasteiger partial charge in [-0.2, -0.15) is 5.10 Å². The molecule has 5 nitrogen and oxygen atoms in total. The van der Waals surface area contributed by atoms with E-state index in [1.165, 1.54) is 12.3 Å². The van der Waals surface area contributed by atoms with Crippen molar-refractivity contribution >= 4 is 10.0 Å². The molecule has 6 heteroatoms. The van der Waals surface area contributed by atoms with Crippen LogP contribution in [0, 0.1) is 5.92 Å². The number of hydrogen-bond acceptors (Lipinski definition) is 3. The Morgan fingerprint density at radius 1 is 1.64 bits per heavy atom. The summed E-state index contributed by atoms with van der Waals surface area (Å²) < 4.78 is 25.6. The van der Waals surface area contributed by atoms with Crippen LogP contribution in [0.5, 0.6) is 0 Å². The third-order valence-electron chi connectivity index (χ3n) is 2.08. The third kappa shape index (κ3) is 2.81. The summed E-state index contributed by atoms with van der Waals surface area (Å²) in [5, 5.41) is 6.12. The molecule has 0 radical (unpaired) electrons. The Morgan fingerprint density at radius 3 is 2.86 bits per heavy atom. The lowest BCUT2D eigenvalue weighted by Gasteiger charge is -2.09. The monoisotopic (exact) mass is 217 g/mol. The van der Waals surface area contributed by atoms with Crippen molar-refractivity contribution in [1.82, 2.24) is 14.9 Å². The fourth-order valence-electron chi connectivity index (χ4n) is 0.867. The number of aromatic nitrogens is 2. The van der Waals surface area contributed by atoms with Crippen molar-refractivity contribution in [3.63, 3.8) is 0 Å². The van der Waals surface area contributed by atoms with E-state index in [9.17, 15) is 8.42 Å². The molecule has 80 valence electrons. The molecule has 1 atom stereocenters. The highest BCUT2D eigenvalue weighted by atomic mass is 32.2. The molecule has 0 saturated carbocycles. The smallest absolute Gasteiger partial charge is 0.257 e. The van der Waals surface area contributed by atoms with Gasteiger partial charge < -0.3 is 0 Å². The second kappa shape index (κ2) is 4.56. The quantitative estimate of drug-likeness (QED) is 0.763. The van der Waals surface area contributed by atoms with Gasteiger partial charge in [-0.3, -0.25) is 5.10 Å². The van der Waals surface area contributed by atoms with Gasteiger partial charge in [0.05, 0.1) is 6.20 Å². The van der Waals surface area contributed by atoms with Crippen LogP contribution in [0.15, 0.2) is 17.3 Å². The molecule has 1 aromatic heterocycles. The van der Waals surface area contributed by atoms with Gasteiger partial charge in [0.1, 0.15) is 0 Å².